The summed E-state index contributed by atoms with van der Waals surface area (Å²) in [6.07, 6.45) is 3.79. The smallest absolute Gasteiger partial charge is 0.246 e. The van der Waals surface area contributed by atoms with Gasteiger partial charge in [-0.1, -0.05) is 13.8 Å². The van der Waals surface area contributed by atoms with Gasteiger partial charge in [0.05, 0.1) is 12.7 Å². The van der Waals surface area contributed by atoms with E-state index >= 15 is 0 Å². The van der Waals surface area contributed by atoms with Gasteiger partial charge in [-0.25, -0.2) is 8.42 Å². The fourth-order valence-corrected chi connectivity index (χ4v) is 3.02. The third-order valence-electron chi connectivity index (χ3n) is 3.27. The Morgan fingerprint density at radius 2 is 2.16 bits per heavy atom. The summed E-state index contributed by atoms with van der Waals surface area (Å²) in [5.74, 6) is 0. The fourth-order valence-electron chi connectivity index (χ4n) is 1.63. The first kappa shape index (κ1) is 16.1. The second-order valence-corrected chi connectivity index (χ2v) is 6.57. The molecular weight excluding hydrogens is 264 g/mol. The van der Waals surface area contributed by atoms with Crippen LogP contribution in [-0.2, 0) is 16.6 Å². The molecule has 110 valence electrons. The van der Waals surface area contributed by atoms with Gasteiger partial charge in [0, 0.05) is 25.8 Å². The van der Waals surface area contributed by atoms with Crippen molar-refractivity contribution in [1.29, 1.82) is 0 Å². The van der Waals surface area contributed by atoms with Crippen molar-refractivity contribution in [3.63, 3.8) is 0 Å². The van der Waals surface area contributed by atoms with Crippen LogP contribution < -0.4 is 5.32 Å². The van der Waals surface area contributed by atoms with Gasteiger partial charge in [0.2, 0.25) is 10.0 Å². The van der Waals surface area contributed by atoms with Gasteiger partial charge in [-0.3, -0.25) is 4.68 Å². The number of nitrogens with one attached hydrogen (secondary N) is 1. The molecule has 0 radical (unpaired) electrons. The number of sulfonamides is 1. The Morgan fingerprint density at radius 3 is 2.74 bits per heavy atom. The van der Waals surface area contributed by atoms with Gasteiger partial charge in [0.1, 0.15) is 4.90 Å². The summed E-state index contributed by atoms with van der Waals surface area (Å²) in [7, 11) is -1.82. The third-order valence-corrected chi connectivity index (χ3v) is 5.19. The van der Waals surface area contributed by atoms with E-state index in [-0.39, 0.29) is 10.9 Å². The minimum Gasteiger partial charge on any atom is -0.315 e. The first-order valence-corrected chi connectivity index (χ1v) is 8.08. The van der Waals surface area contributed by atoms with Crippen LogP contribution in [0.25, 0.3) is 0 Å². The van der Waals surface area contributed by atoms with Crippen LogP contribution in [0.1, 0.15) is 27.2 Å². The van der Waals surface area contributed by atoms with Crippen LogP contribution in [-0.4, -0.2) is 48.7 Å². The van der Waals surface area contributed by atoms with Crippen LogP contribution in [0.4, 0.5) is 0 Å². The molecule has 0 bridgehead atoms. The highest BCUT2D eigenvalue weighted by Crippen LogP contribution is 2.16. The van der Waals surface area contributed by atoms with Crippen molar-refractivity contribution in [2.75, 3.05) is 20.1 Å². The summed E-state index contributed by atoms with van der Waals surface area (Å²) in [5.41, 5.74) is 0. The number of aromatic nitrogens is 2. The molecule has 0 aliphatic rings. The molecule has 1 unspecified atom stereocenters. The summed E-state index contributed by atoms with van der Waals surface area (Å²) in [5, 5.41) is 7.27. The molecule has 0 fully saturated rings. The highest BCUT2D eigenvalue weighted by Gasteiger charge is 2.25. The van der Waals surface area contributed by atoms with E-state index in [9.17, 15) is 8.42 Å². The number of nitrogens with zero attached hydrogens (tertiary/aromatic N) is 3. The molecule has 0 amide bonds. The van der Waals surface area contributed by atoms with E-state index in [1.54, 1.807) is 17.9 Å². The highest BCUT2D eigenvalue weighted by molar-refractivity contribution is 7.89. The monoisotopic (exact) mass is 288 g/mol. The van der Waals surface area contributed by atoms with Gasteiger partial charge >= 0.3 is 0 Å². The first-order valence-electron chi connectivity index (χ1n) is 6.64. The predicted molar refractivity (Wildman–Crippen MR) is 75.5 cm³/mol. The van der Waals surface area contributed by atoms with Gasteiger partial charge in [0.15, 0.2) is 0 Å². The molecule has 7 heteroatoms. The van der Waals surface area contributed by atoms with Crippen LogP contribution >= 0.6 is 0 Å². The molecule has 6 nitrogen and oxygen atoms in total. The maximum Gasteiger partial charge on any atom is 0.246 e. The lowest BCUT2D eigenvalue weighted by atomic mass is 10.3. The standard InChI is InChI=1S/C12H24N4O2S/c1-5-11(3)15(4)19(17,18)12-9-14-16(10-12)8-7-13-6-2/h9-11,13H,5-8H2,1-4H3. The van der Waals surface area contributed by atoms with Crippen LogP contribution in [0.2, 0.25) is 0 Å². The van der Waals surface area contributed by atoms with E-state index in [0.717, 1.165) is 19.5 Å². The lowest BCUT2D eigenvalue weighted by Crippen LogP contribution is -2.34. The van der Waals surface area contributed by atoms with Crippen molar-refractivity contribution < 1.29 is 8.42 Å². The molecule has 1 rings (SSSR count). The van der Waals surface area contributed by atoms with E-state index in [2.05, 4.69) is 10.4 Å². The molecule has 19 heavy (non-hydrogen) atoms. The van der Waals surface area contributed by atoms with Crippen molar-refractivity contribution in [3.05, 3.63) is 12.4 Å². The van der Waals surface area contributed by atoms with Crippen molar-refractivity contribution in [2.24, 2.45) is 0 Å². The van der Waals surface area contributed by atoms with Gasteiger partial charge in [0.25, 0.3) is 0 Å². The lowest BCUT2D eigenvalue weighted by Gasteiger charge is -2.22. The Kier molecular flexibility index (Phi) is 5.96. The van der Waals surface area contributed by atoms with Crippen LogP contribution in [0.3, 0.4) is 0 Å². The Hall–Kier alpha value is -0.920. The quantitative estimate of drug-likeness (QED) is 0.722. The second-order valence-electron chi connectivity index (χ2n) is 4.57. The normalized spacial score (nSPS) is 13.9. The number of hydrogen-bond acceptors (Lipinski definition) is 4. The molecule has 0 saturated heterocycles. The maximum atomic E-state index is 12.3. The molecule has 1 N–H and O–H groups in total. The molecule has 1 aromatic heterocycles. The van der Waals surface area contributed by atoms with Crippen LogP contribution in [0.5, 0.6) is 0 Å². The minimum atomic E-state index is -3.43. The van der Waals surface area contributed by atoms with E-state index in [1.807, 2.05) is 20.8 Å². The predicted octanol–water partition coefficient (Wildman–Crippen LogP) is 0.912. The molecule has 0 aromatic carbocycles. The number of rotatable bonds is 8. The summed E-state index contributed by atoms with van der Waals surface area (Å²) >= 11 is 0. The Morgan fingerprint density at radius 1 is 1.47 bits per heavy atom. The zero-order valence-corrected chi connectivity index (χ0v) is 12.9. The first-order chi connectivity index (χ1) is 8.93. The largest absolute Gasteiger partial charge is 0.315 e. The summed E-state index contributed by atoms with van der Waals surface area (Å²) in [4.78, 5) is 0.256. The number of hydrogen-bond donors (Lipinski definition) is 1. The van der Waals surface area contributed by atoms with E-state index in [0.29, 0.717) is 6.54 Å². The zero-order valence-electron chi connectivity index (χ0n) is 12.1. The highest BCUT2D eigenvalue weighted by atomic mass is 32.2. The van der Waals surface area contributed by atoms with Crippen molar-refractivity contribution >= 4 is 10.0 Å². The summed E-state index contributed by atoms with van der Waals surface area (Å²) < 4.78 is 27.7. The number of likely N-dealkylation sites (N-methyl/N-ethyl adjacent to an activating group) is 1. The average Bonchev–Trinajstić information content (AvgIpc) is 2.86. The van der Waals surface area contributed by atoms with Gasteiger partial charge in [-0.2, -0.15) is 9.40 Å². The molecule has 0 aliphatic heterocycles. The fraction of sp³-hybridized carbons (Fsp3) is 0.750. The van der Waals surface area contributed by atoms with Crippen LogP contribution in [0.15, 0.2) is 17.3 Å². The maximum absolute atomic E-state index is 12.3. The van der Waals surface area contributed by atoms with Gasteiger partial charge < -0.3 is 5.32 Å². The van der Waals surface area contributed by atoms with Crippen LogP contribution in [0, 0.1) is 0 Å². The topological polar surface area (TPSA) is 67.2 Å². The van der Waals surface area contributed by atoms with E-state index < -0.39 is 10.0 Å². The SMILES string of the molecule is CCNCCn1cc(S(=O)(=O)N(C)C(C)CC)cn1. The van der Waals surface area contributed by atoms with E-state index in [4.69, 9.17) is 0 Å². The van der Waals surface area contributed by atoms with Crippen molar-refractivity contribution in [2.45, 2.75) is 44.7 Å². The molecule has 0 aliphatic carbocycles. The molecule has 1 heterocycles. The second kappa shape index (κ2) is 7.02. The molecule has 1 atom stereocenters. The Labute approximate surface area is 115 Å². The van der Waals surface area contributed by atoms with E-state index in [1.165, 1.54) is 10.5 Å². The minimum absolute atomic E-state index is 0.0184. The summed E-state index contributed by atoms with van der Waals surface area (Å²) in [6.45, 7) is 8.22. The molecule has 0 saturated carbocycles. The average molecular weight is 288 g/mol. The molecule has 1 aromatic rings. The zero-order chi connectivity index (χ0) is 14.5. The lowest BCUT2D eigenvalue weighted by molar-refractivity contribution is 0.380. The van der Waals surface area contributed by atoms with Crippen molar-refractivity contribution in [1.82, 2.24) is 19.4 Å². The third kappa shape index (κ3) is 4.02. The molecular formula is C12H24N4O2S. The summed E-state index contributed by atoms with van der Waals surface area (Å²) in [6, 6.07) is -0.0184. The Balaban J connectivity index is 2.79. The van der Waals surface area contributed by atoms with Gasteiger partial charge in [-0.05, 0) is 19.9 Å². The molecule has 0 spiro atoms. The van der Waals surface area contributed by atoms with Gasteiger partial charge in [-0.15, -0.1) is 0 Å². The Bertz CT molecular complexity index is 484. The van der Waals surface area contributed by atoms with Crippen molar-refractivity contribution in [3.8, 4) is 0 Å².